The predicted octanol–water partition coefficient (Wildman–Crippen LogP) is 6.06. The fraction of sp³-hybridized carbons (Fsp3) is 0.0800. The van der Waals surface area contributed by atoms with Crippen molar-refractivity contribution in [1.82, 2.24) is 0 Å². The summed E-state index contributed by atoms with van der Waals surface area (Å²) in [4.78, 5) is 27.9. The number of amides is 2. The van der Waals surface area contributed by atoms with Crippen LogP contribution < -0.4 is 10.2 Å². The molecule has 0 aromatic heterocycles. The molecule has 1 N–H and O–H groups in total. The van der Waals surface area contributed by atoms with E-state index in [0.29, 0.717) is 27.8 Å². The molecule has 3 aromatic carbocycles. The molecule has 1 fully saturated rings. The van der Waals surface area contributed by atoms with E-state index in [9.17, 15) is 14.9 Å². The zero-order valence-corrected chi connectivity index (χ0v) is 19.5. The monoisotopic (exact) mass is 493 g/mol. The van der Waals surface area contributed by atoms with Gasteiger partial charge in [-0.25, -0.2) is 0 Å². The van der Waals surface area contributed by atoms with E-state index in [1.807, 2.05) is 30.3 Å². The third-order valence-corrected chi connectivity index (χ3v) is 6.83. The van der Waals surface area contributed by atoms with Gasteiger partial charge in [-0.3, -0.25) is 14.5 Å². The van der Waals surface area contributed by atoms with Gasteiger partial charge in [-0.1, -0.05) is 77.4 Å². The lowest BCUT2D eigenvalue weighted by Gasteiger charge is -2.18. The zero-order chi connectivity index (χ0) is 23.4. The minimum atomic E-state index is -0.616. The minimum Gasteiger partial charge on any atom is -0.321 e. The molecule has 1 atom stereocenters. The lowest BCUT2D eigenvalue weighted by atomic mass is 10.1. The van der Waals surface area contributed by atoms with Crippen molar-refractivity contribution in [3.63, 3.8) is 0 Å². The Balaban J connectivity index is 1.72. The molecule has 8 heteroatoms. The summed E-state index contributed by atoms with van der Waals surface area (Å²) < 4.78 is 0. The summed E-state index contributed by atoms with van der Waals surface area (Å²) in [5.41, 5.74) is 1.70. The third-order valence-electron chi connectivity index (χ3n) is 4.97. The first-order valence-corrected chi connectivity index (χ1v) is 11.6. The molecule has 164 valence electrons. The number of hydrogen-bond donors (Lipinski definition) is 1. The molecule has 0 aliphatic carbocycles. The third kappa shape index (κ3) is 5.07. The van der Waals surface area contributed by atoms with Gasteiger partial charge >= 0.3 is 0 Å². The highest BCUT2D eigenvalue weighted by atomic mass is 35.5. The van der Waals surface area contributed by atoms with Crippen LogP contribution in [-0.4, -0.2) is 17.1 Å². The lowest BCUT2D eigenvalue weighted by molar-refractivity contribution is -0.117. The van der Waals surface area contributed by atoms with E-state index in [1.54, 1.807) is 54.6 Å². The number of rotatable bonds is 5. The second-order valence-electron chi connectivity index (χ2n) is 7.17. The molecule has 33 heavy (non-hydrogen) atoms. The molecule has 2 amide bonds. The number of nitriles is 1. The van der Waals surface area contributed by atoms with Gasteiger partial charge in [-0.05, 0) is 48.4 Å². The van der Waals surface area contributed by atoms with E-state index in [-0.39, 0.29) is 16.5 Å². The number of carbonyl (C=O) groups excluding carboxylic acids is 2. The molecule has 1 saturated heterocycles. The Labute approximate surface area is 205 Å². The summed E-state index contributed by atoms with van der Waals surface area (Å²) in [6.45, 7) is 0. The molecule has 1 aliphatic heterocycles. The second kappa shape index (κ2) is 10.1. The van der Waals surface area contributed by atoms with Crippen molar-refractivity contribution >= 4 is 58.2 Å². The molecular weight excluding hydrogens is 477 g/mol. The molecule has 1 heterocycles. The molecule has 0 saturated carbocycles. The summed E-state index contributed by atoms with van der Waals surface area (Å²) >= 11 is 13.5. The first-order valence-electron chi connectivity index (χ1n) is 9.98. The standard InChI is InChI=1S/C25H17Cl2N3O2S/c26-17-8-6-9-18(14-17)29-23(31)20(15-28)25-30(19-10-2-1-3-11-19)24(32)22(33-25)13-16-7-4-5-12-21(16)27/h1-12,14,22H,13H2,(H,29,31)/b25-20+/t22-/m1/s1. The Hall–Kier alpha value is -3.24. The van der Waals surface area contributed by atoms with Crippen LogP contribution in [0.1, 0.15) is 5.56 Å². The lowest BCUT2D eigenvalue weighted by Crippen LogP contribution is -2.30. The Morgan fingerprint density at radius 2 is 1.76 bits per heavy atom. The van der Waals surface area contributed by atoms with Gasteiger partial charge in [0.2, 0.25) is 5.91 Å². The van der Waals surface area contributed by atoms with E-state index in [0.717, 1.165) is 5.56 Å². The van der Waals surface area contributed by atoms with E-state index < -0.39 is 11.2 Å². The maximum atomic E-state index is 13.4. The quantitative estimate of drug-likeness (QED) is 0.346. The Kier molecular flexibility index (Phi) is 7.05. The number of hydrogen-bond acceptors (Lipinski definition) is 4. The van der Waals surface area contributed by atoms with Gasteiger partial charge in [0.25, 0.3) is 5.91 Å². The topological polar surface area (TPSA) is 73.2 Å². The maximum Gasteiger partial charge on any atom is 0.269 e. The second-order valence-corrected chi connectivity index (χ2v) is 9.20. The molecule has 0 spiro atoms. The smallest absolute Gasteiger partial charge is 0.269 e. The van der Waals surface area contributed by atoms with Crippen molar-refractivity contribution in [3.05, 3.63) is 105 Å². The Morgan fingerprint density at radius 3 is 2.45 bits per heavy atom. The largest absolute Gasteiger partial charge is 0.321 e. The molecule has 3 aromatic rings. The van der Waals surface area contributed by atoms with Crippen LogP contribution in [0.5, 0.6) is 0 Å². The molecule has 1 aliphatic rings. The van der Waals surface area contributed by atoms with E-state index >= 15 is 0 Å². The van der Waals surface area contributed by atoms with Crippen molar-refractivity contribution in [1.29, 1.82) is 5.26 Å². The zero-order valence-electron chi connectivity index (χ0n) is 17.2. The number of carbonyl (C=O) groups is 2. The van der Waals surface area contributed by atoms with Crippen molar-refractivity contribution in [2.24, 2.45) is 0 Å². The maximum absolute atomic E-state index is 13.4. The van der Waals surface area contributed by atoms with Crippen LogP contribution in [0.25, 0.3) is 0 Å². The van der Waals surface area contributed by atoms with Gasteiger partial charge in [-0.2, -0.15) is 5.26 Å². The van der Waals surface area contributed by atoms with E-state index in [2.05, 4.69) is 5.32 Å². The summed E-state index contributed by atoms with van der Waals surface area (Å²) in [5.74, 6) is -0.834. The highest BCUT2D eigenvalue weighted by Gasteiger charge is 2.41. The van der Waals surface area contributed by atoms with Crippen LogP contribution in [0.15, 0.2) is 89.5 Å². The molecule has 0 unspecified atom stereocenters. The number of nitrogens with one attached hydrogen (secondary N) is 1. The summed E-state index contributed by atoms with van der Waals surface area (Å²) in [6, 6.07) is 24.9. The van der Waals surface area contributed by atoms with Crippen LogP contribution in [0, 0.1) is 11.3 Å². The van der Waals surface area contributed by atoms with Gasteiger partial charge < -0.3 is 5.32 Å². The van der Waals surface area contributed by atoms with E-state index in [4.69, 9.17) is 23.2 Å². The number of benzene rings is 3. The van der Waals surface area contributed by atoms with Gasteiger partial charge in [-0.15, -0.1) is 0 Å². The van der Waals surface area contributed by atoms with Crippen LogP contribution in [0.4, 0.5) is 11.4 Å². The first kappa shape index (κ1) is 22.9. The Bertz CT molecular complexity index is 1290. The number of para-hydroxylation sites is 1. The van der Waals surface area contributed by atoms with E-state index in [1.165, 1.54) is 16.7 Å². The number of nitrogens with zero attached hydrogens (tertiary/aromatic N) is 2. The summed E-state index contributed by atoms with van der Waals surface area (Å²) in [6.07, 6.45) is 0.366. The van der Waals surface area contributed by atoms with Crippen LogP contribution in [0.3, 0.4) is 0 Å². The highest BCUT2D eigenvalue weighted by molar-refractivity contribution is 8.05. The fourth-order valence-corrected chi connectivity index (χ4v) is 5.12. The van der Waals surface area contributed by atoms with Crippen LogP contribution in [-0.2, 0) is 16.0 Å². The molecule has 5 nitrogen and oxygen atoms in total. The SMILES string of the molecule is N#C/C(C(=O)Nc1cccc(Cl)c1)=C1\S[C@H](Cc2ccccc2Cl)C(=O)N1c1ccccc1. The Morgan fingerprint density at radius 1 is 1.03 bits per heavy atom. The average Bonchev–Trinajstić information content (AvgIpc) is 3.12. The van der Waals surface area contributed by atoms with Crippen molar-refractivity contribution < 1.29 is 9.59 Å². The summed E-state index contributed by atoms with van der Waals surface area (Å²) in [5, 5.41) is 13.3. The fourth-order valence-electron chi connectivity index (χ4n) is 3.42. The summed E-state index contributed by atoms with van der Waals surface area (Å²) in [7, 11) is 0. The average molecular weight is 494 g/mol. The van der Waals surface area contributed by atoms with Gasteiger partial charge in [0, 0.05) is 21.4 Å². The normalized spacial score (nSPS) is 16.9. The molecule has 0 radical (unpaired) electrons. The van der Waals surface area contributed by atoms with Crippen LogP contribution in [0.2, 0.25) is 10.0 Å². The van der Waals surface area contributed by atoms with Gasteiger partial charge in [0.05, 0.1) is 5.25 Å². The van der Waals surface area contributed by atoms with Crippen LogP contribution >= 0.6 is 35.0 Å². The van der Waals surface area contributed by atoms with Gasteiger partial charge in [0.1, 0.15) is 16.7 Å². The molecule has 4 rings (SSSR count). The van der Waals surface area contributed by atoms with Crippen molar-refractivity contribution in [3.8, 4) is 6.07 Å². The van der Waals surface area contributed by atoms with Crippen molar-refractivity contribution in [2.45, 2.75) is 11.7 Å². The first-order chi connectivity index (χ1) is 16.0. The number of anilines is 2. The molecule has 0 bridgehead atoms. The molecular formula is C25H17Cl2N3O2S. The predicted molar refractivity (Wildman–Crippen MR) is 133 cm³/mol. The van der Waals surface area contributed by atoms with Gasteiger partial charge in [0.15, 0.2) is 0 Å². The number of halogens is 2. The van der Waals surface area contributed by atoms with Crippen molar-refractivity contribution in [2.75, 3.05) is 10.2 Å². The highest BCUT2D eigenvalue weighted by Crippen LogP contribution is 2.42. The minimum absolute atomic E-state index is 0.154. The number of thioether (sulfide) groups is 1.